The highest BCUT2D eigenvalue weighted by Crippen LogP contribution is 2.35. The van der Waals surface area contributed by atoms with Gasteiger partial charge >= 0.3 is 0 Å². The second-order valence-electron chi connectivity index (χ2n) is 6.62. The summed E-state index contributed by atoms with van der Waals surface area (Å²) < 4.78 is 48.1. The van der Waals surface area contributed by atoms with Crippen molar-refractivity contribution < 1.29 is 17.6 Å². The van der Waals surface area contributed by atoms with E-state index in [1.165, 1.54) is 6.39 Å². The van der Waals surface area contributed by atoms with Gasteiger partial charge in [0.25, 0.3) is 0 Å². The molecule has 0 fully saturated rings. The lowest BCUT2D eigenvalue weighted by molar-refractivity contribution is 0.473. The highest BCUT2D eigenvalue weighted by Gasteiger charge is 2.27. The van der Waals surface area contributed by atoms with E-state index in [0.717, 1.165) is 28.7 Å². The molecule has 27 heavy (non-hydrogen) atoms. The molecule has 1 atom stereocenters. The number of benzene rings is 1. The molecular weight excluding hydrogens is 357 g/mol. The van der Waals surface area contributed by atoms with E-state index in [1.807, 2.05) is 22.7 Å². The van der Waals surface area contributed by atoms with Gasteiger partial charge < -0.3 is 8.82 Å². The van der Waals surface area contributed by atoms with E-state index in [0.29, 0.717) is 31.2 Å². The number of hydrogen-bond acceptors (Lipinski definition) is 4. The lowest BCUT2D eigenvalue weighted by Gasteiger charge is -2.22. The second kappa shape index (κ2) is 5.94. The molecule has 8 heteroatoms. The van der Waals surface area contributed by atoms with Crippen LogP contribution in [-0.2, 0) is 12.8 Å². The molecule has 0 saturated heterocycles. The Morgan fingerprint density at radius 1 is 1.07 bits per heavy atom. The average molecular weight is 370 g/mol. The number of aryl methyl sites for hydroxylation is 1. The predicted octanol–water partition coefficient (Wildman–Crippen LogP) is 4.07. The van der Waals surface area contributed by atoms with E-state index in [-0.39, 0.29) is 11.5 Å². The number of halogens is 3. The van der Waals surface area contributed by atoms with E-state index >= 15 is 0 Å². The van der Waals surface area contributed by atoms with Gasteiger partial charge in [0.05, 0.1) is 5.69 Å². The summed E-state index contributed by atoms with van der Waals surface area (Å²) in [7, 11) is 0. The Balaban J connectivity index is 1.52. The summed E-state index contributed by atoms with van der Waals surface area (Å²) in [5.74, 6) is -2.76. The first-order chi connectivity index (χ1) is 13.1. The lowest BCUT2D eigenvalue weighted by Crippen LogP contribution is -2.15. The Labute approximate surface area is 151 Å². The number of pyridine rings is 1. The fraction of sp³-hybridized carbons (Fsp3) is 0.211. The molecule has 1 aliphatic rings. The summed E-state index contributed by atoms with van der Waals surface area (Å²) in [6.07, 6.45) is 4.92. The van der Waals surface area contributed by atoms with E-state index < -0.39 is 17.5 Å². The number of rotatable bonds is 2. The highest BCUT2D eigenvalue weighted by atomic mass is 19.2. The predicted molar refractivity (Wildman–Crippen MR) is 89.6 cm³/mol. The summed E-state index contributed by atoms with van der Waals surface area (Å²) >= 11 is 0. The van der Waals surface area contributed by atoms with Crippen LogP contribution in [0.3, 0.4) is 0 Å². The van der Waals surface area contributed by atoms with Gasteiger partial charge in [0.2, 0.25) is 12.3 Å². The van der Waals surface area contributed by atoms with Crippen LogP contribution in [0.5, 0.6) is 0 Å². The maximum Gasteiger partial charge on any atom is 0.247 e. The molecule has 5 nitrogen and oxygen atoms in total. The molecule has 0 spiro atoms. The monoisotopic (exact) mass is 370 g/mol. The van der Waals surface area contributed by atoms with Crippen LogP contribution in [0.25, 0.3) is 17.1 Å². The smallest absolute Gasteiger partial charge is 0.247 e. The maximum absolute atomic E-state index is 14.1. The van der Waals surface area contributed by atoms with Crippen molar-refractivity contribution >= 4 is 5.65 Å². The lowest BCUT2D eigenvalue weighted by atomic mass is 9.84. The summed E-state index contributed by atoms with van der Waals surface area (Å²) in [4.78, 5) is 4.65. The molecular formula is C19H13F3N4O. The SMILES string of the molecule is Fc1cc(F)c(C2CCc3c(nc4cc(-c5nnco5)ccn34)C2)cc1F. The molecule has 0 N–H and O–H groups in total. The van der Waals surface area contributed by atoms with Crippen LogP contribution in [0.15, 0.2) is 41.3 Å². The zero-order chi connectivity index (χ0) is 18.5. The van der Waals surface area contributed by atoms with Crippen LogP contribution in [0.2, 0.25) is 0 Å². The highest BCUT2D eigenvalue weighted by molar-refractivity contribution is 5.60. The fourth-order valence-corrected chi connectivity index (χ4v) is 3.77. The number of fused-ring (bicyclic) bond motifs is 3. The van der Waals surface area contributed by atoms with Crippen molar-refractivity contribution in [2.75, 3.05) is 0 Å². The van der Waals surface area contributed by atoms with Gasteiger partial charge in [-0.25, -0.2) is 18.2 Å². The molecule has 0 saturated carbocycles. The normalized spacial score (nSPS) is 16.6. The molecule has 0 radical (unpaired) electrons. The Bertz CT molecular complexity index is 1150. The van der Waals surface area contributed by atoms with Gasteiger partial charge in [-0.1, -0.05) is 0 Å². The molecule has 3 aromatic heterocycles. The van der Waals surface area contributed by atoms with Crippen molar-refractivity contribution in [3.63, 3.8) is 0 Å². The summed E-state index contributed by atoms with van der Waals surface area (Å²) in [6, 6.07) is 5.28. The standard InChI is InChI=1S/C19H13F3N4O/c20-13-8-15(22)14(21)7-12(13)10-1-2-17-16(5-10)24-18-6-11(3-4-26(17)18)19-25-23-9-27-19/h3-4,6-10H,1-2,5H2. The van der Waals surface area contributed by atoms with E-state index in [2.05, 4.69) is 15.2 Å². The molecule has 3 heterocycles. The molecule has 5 rings (SSSR count). The molecule has 1 aromatic carbocycles. The van der Waals surface area contributed by atoms with Crippen molar-refractivity contribution in [3.8, 4) is 11.5 Å². The van der Waals surface area contributed by atoms with Crippen LogP contribution in [0.1, 0.15) is 29.3 Å². The molecule has 0 aliphatic heterocycles. The van der Waals surface area contributed by atoms with Crippen molar-refractivity contribution in [2.45, 2.75) is 25.2 Å². The van der Waals surface area contributed by atoms with Crippen LogP contribution in [-0.4, -0.2) is 19.6 Å². The summed E-state index contributed by atoms with van der Waals surface area (Å²) in [6.45, 7) is 0. The van der Waals surface area contributed by atoms with Crippen molar-refractivity contribution in [3.05, 3.63) is 71.3 Å². The zero-order valence-corrected chi connectivity index (χ0v) is 14.0. The minimum Gasteiger partial charge on any atom is -0.423 e. The van der Waals surface area contributed by atoms with E-state index in [4.69, 9.17) is 4.42 Å². The van der Waals surface area contributed by atoms with Crippen LogP contribution >= 0.6 is 0 Å². The third-order valence-electron chi connectivity index (χ3n) is 5.06. The quantitative estimate of drug-likeness (QED) is 0.499. The first-order valence-electron chi connectivity index (χ1n) is 8.51. The first-order valence-corrected chi connectivity index (χ1v) is 8.51. The average Bonchev–Trinajstić information content (AvgIpc) is 3.31. The summed E-state index contributed by atoms with van der Waals surface area (Å²) in [5, 5.41) is 7.56. The van der Waals surface area contributed by atoms with E-state index in [9.17, 15) is 13.2 Å². The van der Waals surface area contributed by atoms with Gasteiger partial charge in [-0.3, -0.25) is 0 Å². The summed E-state index contributed by atoms with van der Waals surface area (Å²) in [5.41, 5.74) is 3.55. The largest absolute Gasteiger partial charge is 0.423 e. The fourth-order valence-electron chi connectivity index (χ4n) is 3.77. The molecule has 136 valence electrons. The van der Waals surface area contributed by atoms with Gasteiger partial charge in [-0.2, -0.15) is 0 Å². The Morgan fingerprint density at radius 3 is 2.74 bits per heavy atom. The maximum atomic E-state index is 14.1. The Hall–Kier alpha value is -3.16. The molecule has 4 aromatic rings. The van der Waals surface area contributed by atoms with Crippen molar-refractivity contribution in [1.29, 1.82) is 0 Å². The minimum absolute atomic E-state index is 0.197. The molecule has 1 aliphatic carbocycles. The van der Waals surface area contributed by atoms with Gasteiger partial charge in [0, 0.05) is 23.5 Å². The third kappa shape index (κ3) is 2.59. The Morgan fingerprint density at radius 2 is 1.93 bits per heavy atom. The third-order valence-corrected chi connectivity index (χ3v) is 5.06. The van der Waals surface area contributed by atoms with Crippen LogP contribution < -0.4 is 0 Å². The van der Waals surface area contributed by atoms with Crippen molar-refractivity contribution in [1.82, 2.24) is 19.6 Å². The van der Waals surface area contributed by atoms with Gasteiger partial charge in [0.1, 0.15) is 11.5 Å². The molecule has 0 bridgehead atoms. The first kappa shape index (κ1) is 16.0. The number of aromatic nitrogens is 4. The van der Waals surface area contributed by atoms with Gasteiger partial charge in [0.15, 0.2) is 11.6 Å². The number of nitrogens with zero attached hydrogens (tertiary/aromatic N) is 4. The zero-order valence-electron chi connectivity index (χ0n) is 14.0. The van der Waals surface area contributed by atoms with Crippen molar-refractivity contribution in [2.24, 2.45) is 0 Å². The van der Waals surface area contributed by atoms with E-state index in [1.54, 1.807) is 0 Å². The van der Waals surface area contributed by atoms with Gasteiger partial charge in [-0.15, -0.1) is 10.2 Å². The van der Waals surface area contributed by atoms with Crippen LogP contribution in [0.4, 0.5) is 13.2 Å². The molecule has 0 amide bonds. The number of imidazole rings is 1. The molecule has 1 unspecified atom stereocenters. The van der Waals surface area contributed by atoms with Gasteiger partial charge in [-0.05, 0) is 48.9 Å². The minimum atomic E-state index is -1.17. The Kier molecular flexibility index (Phi) is 3.53. The second-order valence-corrected chi connectivity index (χ2v) is 6.62. The topological polar surface area (TPSA) is 56.2 Å². The number of hydrogen-bond donors (Lipinski definition) is 0. The van der Waals surface area contributed by atoms with Crippen LogP contribution in [0, 0.1) is 17.5 Å².